The average Bonchev–Trinajstić information content (AvgIpc) is 2.73. The van der Waals surface area contributed by atoms with Crippen LogP contribution in [0.25, 0.3) is 0 Å². The molecule has 4 N–H and O–H groups in total. The van der Waals surface area contributed by atoms with Crippen LogP contribution in [0.15, 0.2) is 54.9 Å². The van der Waals surface area contributed by atoms with Crippen LogP contribution in [-0.4, -0.2) is 16.0 Å². The Balaban J connectivity index is 1.73. The molecule has 0 aliphatic rings. The fourth-order valence-corrected chi connectivity index (χ4v) is 3.24. The van der Waals surface area contributed by atoms with E-state index in [9.17, 15) is 18.0 Å². The van der Waals surface area contributed by atoms with Crippen molar-refractivity contribution in [2.45, 2.75) is 39.4 Å². The summed E-state index contributed by atoms with van der Waals surface area (Å²) < 4.78 is 47.1. The molecule has 1 unspecified atom stereocenters. The molecule has 0 fully saturated rings. The van der Waals surface area contributed by atoms with Gasteiger partial charge in [0.25, 0.3) is 0 Å². The molecular weight excluding hydrogens is 483 g/mol. The minimum atomic E-state index is -4.65. The first kappa shape index (κ1) is 26.2. The number of alkyl halides is 3. The Kier molecular flexibility index (Phi) is 7.28. The molecule has 0 radical (unpaired) electrons. The third-order valence-corrected chi connectivity index (χ3v) is 5.85. The molecule has 0 aliphatic heterocycles. The van der Waals surface area contributed by atoms with Gasteiger partial charge in [0.1, 0.15) is 17.2 Å². The van der Waals surface area contributed by atoms with E-state index in [0.29, 0.717) is 11.4 Å². The first-order chi connectivity index (χ1) is 16.2. The molecule has 0 bridgehead atoms. The van der Waals surface area contributed by atoms with Gasteiger partial charge in [-0.05, 0) is 54.3 Å². The number of nitrogens with two attached hydrogens (primary N) is 1. The van der Waals surface area contributed by atoms with Crippen LogP contribution in [0.5, 0.6) is 11.6 Å². The fraction of sp³-hybridized carbons (Fsp3) is 0.292. The molecule has 2 aromatic carbocycles. The number of nitrogens with zero attached hydrogens (tertiary/aromatic N) is 2. The van der Waals surface area contributed by atoms with Gasteiger partial charge >= 0.3 is 12.2 Å². The molecule has 7 nitrogen and oxygen atoms in total. The lowest BCUT2D eigenvalue weighted by Gasteiger charge is -2.40. The molecule has 2 amide bonds. The van der Waals surface area contributed by atoms with E-state index in [2.05, 4.69) is 20.6 Å². The van der Waals surface area contributed by atoms with Gasteiger partial charge in [-0.1, -0.05) is 38.4 Å². The number of anilines is 2. The highest BCUT2D eigenvalue weighted by atomic mass is 35.5. The first-order valence-electron chi connectivity index (χ1n) is 10.5. The van der Waals surface area contributed by atoms with Crippen molar-refractivity contribution in [1.82, 2.24) is 9.97 Å². The summed E-state index contributed by atoms with van der Waals surface area (Å²) in [7, 11) is 0. The summed E-state index contributed by atoms with van der Waals surface area (Å²) in [6, 6.07) is 10.6. The van der Waals surface area contributed by atoms with E-state index in [1.807, 2.05) is 0 Å². The van der Waals surface area contributed by atoms with Crippen LogP contribution >= 0.6 is 11.6 Å². The SMILES string of the molecule is CC(C)(C)C(C)(N)c1ccc(NC(=O)Nc2ccc(Oc3cc(Cl)ncn3)cc2)cc1C(F)(F)F. The molecule has 3 rings (SSSR count). The smallest absolute Gasteiger partial charge is 0.416 e. The van der Waals surface area contributed by atoms with Gasteiger partial charge in [-0.3, -0.25) is 0 Å². The number of benzene rings is 2. The standard InChI is InChI=1S/C24H25ClF3N5O2/c1-22(2,3)23(4,29)17-10-7-15(11-18(17)24(26,27)28)33-21(34)32-14-5-8-16(9-6-14)35-20-12-19(25)30-13-31-20/h5-13H,29H2,1-4H3,(H2,32,33,34). The van der Waals surface area contributed by atoms with Crippen molar-refractivity contribution in [2.24, 2.45) is 11.1 Å². The predicted molar refractivity (Wildman–Crippen MR) is 129 cm³/mol. The number of carbonyl (C=O) groups excluding carboxylic acids is 1. The summed E-state index contributed by atoms with van der Waals surface area (Å²) in [5.74, 6) is 0.673. The zero-order valence-corrected chi connectivity index (χ0v) is 20.3. The second-order valence-corrected chi connectivity index (χ2v) is 9.48. The minimum Gasteiger partial charge on any atom is -0.439 e. The summed E-state index contributed by atoms with van der Waals surface area (Å²) in [6.07, 6.45) is -3.40. The van der Waals surface area contributed by atoms with E-state index in [0.717, 1.165) is 6.07 Å². The van der Waals surface area contributed by atoms with Gasteiger partial charge in [-0.2, -0.15) is 13.2 Å². The van der Waals surface area contributed by atoms with E-state index in [4.69, 9.17) is 22.1 Å². The Morgan fingerprint density at radius 3 is 2.09 bits per heavy atom. The van der Waals surface area contributed by atoms with Crippen LogP contribution < -0.4 is 21.1 Å². The molecular formula is C24H25ClF3N5O2. The van der Waals surface area contributed by atoms with Gasteiger partial charge in [0.15, 0.2) is 0 Å². The van der Waals surface area contributed by atoms with Gasteiger partial charge in [-0.25, -0.2) is 14.8 Å². The van der Waals surface area contributed by atoms with Crippen LogP contribution in [-0.2, 0) is 11.7 Å². The number of ether oxygens (including phenoxy) is 1. The maximum absolute atomic E-state index is 13.8. The van der Waals surface area contributed by atoms with Gasteiger partial charge < -0.3 is 21.1 Å². The van der Waals surface area contributed by atoms with Crippen molar-refractivity contribution in [3.05, 3.63) is 71.1 Å². The molecule has 1 heterocycles. The number of halogens is 4. The highest BCUT2D eigenvalue weighted by Gasteiger charge is 2.43. The molecule has 186 valence electrons. The number of aromatic nitrogens is 2. The van der Waals surface area contributed by atoms with Crippen molar-refractivity contribution < 1.29 is 22.7 Å². The van der Waals surface area contributed by atoms with Crippen molar-refractivity contribution in [2.75, 3.05) is 10.6 Å². The van der Waals surface area contributed by atoms with Crippen molar-refractivity contribution in [1.29, 1.82) is 0 Å². The Bertz CT molecular complexity index is 1210. The number of hydrogen-bond acceptors (Lipinski definition) is 5. The van der Waals surface area contributed by atoms with E-state index in [1.54, 1.807) is 52.0 Å². The topological polar surface area (TPSA) is 102 Å². The highest BCUT2D eigenvalue weighted by Crippen LogP contribution is 2.43. The lowest BCUT2D eigenvalue weighted by Crippen LogP contribution is -2.46. The molecule has 0 saturated heterocycles. The zero-order valence-electron chi connectivity index (χ0n) is 19.5. The molecule has 1 aromatic heterocycles. The van der Waals surface area contributed by atoms with Crippen LogP contribution in [0.3, 0.4) is 0 Å². The summed E-state index contributed by atoms with van der Waals surface area (Å²) in [5, 5.41) is 5.21. The maximum Gasteiger partial charge on any atom is 0.416 e. The Morgan fingerprint density at radius 1 is 0.914 bits per heavy atom. The van der Waals surface area contributed by atoms with Crippen molar-refractivity contribution in [3.63, 3.8) is 0 Å². The quantitative estimate of drug-likeness (QED) is 0.329. The van der Waals surface area contributed by atoms with Crippen molar-refractivity contribution >= 4 is 29.0 Å². The van der Waals surface area contributed by atoms with E-state index >= 15 is 0 Å². The summed E-state index contributed by atoms with van der Waals surface area (Å²) in [5.41, 5.74) is 3.82. The average molecular weight is 508 g/mol. The number of urea groups is 1. The van der Waals surface area contributed by atoms with E-state index in [1.165, 1.54) is 24.5 Å². The van der Waals surface area contributed by atoms with Crippen LogP contribution in [0.1, 0.15) is 38.8 Å². The normalized spacial score (nSPS) is 13.6. The molecule has 3 aromatic rings. The number of carbonyl (C=O) groups is 1. The molecule has 0 aliphatic carbocycles. The second-order valence-electron chi connectivity index (χ2n) is 9.10. The van der Waals surface area contributed by atoms with Crippen LogP contribution in [0.4, 0.5) is 29.3 Å². The molecule has 35 heavy (non-hydrogen) atoms. The maximum atomic E-state index is 13.8. The lowest BCUT2D eigenvalue weighted by atomic mass is 9.70. The van der Waals surface area contributed by atoms with Gasteiger partial charge in [0.2, 0.25) is 5.88 Å². The Morgan fingerprint density at radius 2 is 1.51 bits per heavy atom. The zero-order chi connectivity index (χ0) is 26.0. The van der Waals surface area contributed by atoms with E-state index < -0.39 is 28.7 Å². The number of amides is 2. The number of rotatable bonds is 5. The molecule has 0 spiro atoms. The fourth-order valence-electron chi connectivity index (χ4n) is 3.11. The van der Waals surface area contributed by atoms with Crippen LogP contribution in [0, 0.1) is 5.41 Å². The molecule has 11 heteroatoms. The third-order valence-electron chi connectivity index (χ3n) is 5.64. The Labute approximate surface area is 205 Å². The van der Waals surface area contributed by atoms with E-state index in [-0.39, 0.29) is 22.3 Å². The highest BCUT2D eigenvalue weighted by molar-refractivity contribution is 6.29. The van der Waals surface area contributed by atoms with Gasteiger partial charge in [0, 0.05) is 23.0 Å². The minimum absolute atomic E-state index is 0.0242. The molecule has 0 saturated carbocycles. The Hall–Kier alpha value is -3.37. The van der Waals surface area contributed by atoms with Gasteiger partial charge in [-0.15, -0.1) is 0 Å². The monoisotopic (exact) mass is 507 g/mol. The largest absolute Gasteiger partial charge is 0.439 e. The second kappa shape index (κ2) is 9.71. The number of nitrogens with one attached hydrogen (secondary N) is 2. The molecule has 1 atom stereocenters. The lowest BCUT2D eigenvalue weighted by molar-refractivity contribution is -0.139. The first-order valence-corrected chi connectivity index (χ1v) is 10.9. The number of hydrogen-bond donors (Lipinski definition) is 3. The summed E-state index contributed by atoms with van der Waals surface area (Å²) in [4.78, 5) is 20.1. The van der Waals surface area contributed by atoms with Gasteiger partial charge in [0.05, 0.1) is 5.56 Å². The summed E-state index contributed by atoms with van der Waals surface area (Å²) >= 11 is 5.79. The third kappa shape index (κ3) is 6.40. The predicted octanol–water partition coefficient (Wildman–Crippen LogP) is 6.81. The van der Waals surface area contributed by atoms with Crippen molar-refractivity contribution in [3.8, 4) is 11.6 Å². The summed E-state index contributed by atoms with van der Waals surface area (Å²) in [6.45, 7) is 6.87. The van der Waals surface area contributed by atoms with Crippen LogP contribution in [0.2, 0.25) is 5.15 Å².